The minimum atomic E-state index is -2.86. The Labute approximate surface area is 153 Å². The van der Waals surface area contributed by atoms with E-state index in [1.54, 1.807) is 36.7 Å². The number of nitrogens with one attached hydrogen (secondary N) is 1. The lowest BCUT2D eigenvalue weighted by atomic mass is 10.2. The standard InChI is InChI=1S/C18H16F2N4O3/c19-18(20)26-14-3-1-12(2-4-14)11-22-15(25)5-6-16-23-17(24-27-16)13-7-9-21-10-8-13/h1-4,7-10,18H,5-6,11H2,(H,22,25). The number of pyridine rings is 1. The van der Waals surface area contributed by atoms with Gasteiger partial charge in [-0.25, -0.2) is 0 Å². The van der Waals surface area contributed by atoms with Crippen LogP contribution in [0.4, 0.5) is 8.78 Å². The molecule has 0 saturated heterocycles. The zero-order valence-electron chi connectivity index (χ0n) is 14.1. The van der Waals surface area contributed by atoms with E-state index in [0.717, 1.165) is 11.1 Å². The van der Waals surface area contributed by atoms with Crippen LogP contribution in [0.15, 0.2) is 53.3 Å². The van der Waals surface area contributed by atoms with Crippen molar-refractivity contribution in [2.24, 2.45) is 0 Å². The molecule has 9 heteroatoms. The fourth-order valence-electron chi connectivity index (χ4n) is 2.27. The fourth-order valence-corrected chi connectivity index (χ4v) is 2.27. The summed E-state index contributed by atoms with van der Waals surface area (Å²) >= 11 is 0. The molecule has 1 aromatic carbocycles. The molecule has 0 unspecified atom stereocenters. The first-order valence-corrected chi connectivity index (χ1v) is 8.13. The Morgan fingerprint density at radius 3 is 2.59 bits per heavy atom. The van der Waals surface area contributed by atoms with Crippen LogP contribution >= 0.6 is 0 Å². The van der Waals surface area contributed by atoms with E-state index in [4.69, 9.17) is 4.52 Å². The molecule has 7 nitrogen and oxygen atoms in total. The van der Waals surface area contributed by atoms with Gasteiger partial charge < -0.3 is 14.6 Å². The molecule has 1 N–H and O–H groups in total. The maximum absolute atomic E-state index is 12.1. The van der Waals surface area contributed by atoms with Crippen LogP contribution in [0.5, 0.6) is 5.75 Å². The van der Waals surface area contributed by atoms with E-state index in [2.05, 4.69) is 25.2 Å². The molecular weight excluding hydrogens is 358 g/mol. The highest BCUT2D eigenvalue weighted by Gasteiger charge is 2.11. The minimum absolute atomic E-state index is 0.0708. The van der Waals surface area contributed by atoms with E-state index in [-0.39, 0.29) is 24.6 Å². The Morgan fingerprint density at radius 1 is 1.15 bits per heavy atom. The number of ether oxygens (including phenoxy) is 1. The third kappa shape index (κ3) is 5.56. The summed E-state index contributed by atoms with van der Waals surface area (Å²) in [5.41, 5.74) is 1.55. The molecule has 3 aromatic rings. The largest absolute Gasteiger partial charge is 0.435 e. The number of halogens is 2. The summed E-state index contributed by atoms with van der Waals surface area (Å²) in [6.45, 7) is -2.58. The topological polar surface area (TPSA) is 90.1 Å². The Bertz CT molecular complexity index is 870. The molecule has 140 valence electrons. The average Bonchev–Trinajstić information content (AvgIpc) is 3.15. The predicted molar refractivity (Wildman–Crippen MR) is 90.8 cm³/mol. The van der Waals surface area contributed by atoms with Gasteiger partial charge in [-0.1, -0.05) is 17.3 Å². The highest BCUT2D eigenvalue weighted by Crippen LogP contribution is 2.16. The van der Waals surface area contributed by atoms with Crippen molar-refractivity contribution in [3.63, 3.8) is 0 Å². The van der Waals surface area contributed by atoms with Crippen molar-refractivity contribution in [3.8, 4) is 17.1 Å². The smallest absolute Gasteiger partial charge is 0.387 e. The molecule has 0 aliphatic rings. The summed E-state index contributed by atoms with van der Waals surface area (Å²) in [4.78, 5) is 20.1. The second kappa shape index (κ2) is 8.84. The summed E-state index contributed by atoms with van der Waals surface area (Å²) in [7, 11) is 0. The number of alkyl halides is 2. The Morgan fingerprint density at radius 2 is 1.89 bits per heavy atom. The van der Waals surface area contributed by atoms with Gasteiger partial charge in [0.1, 0.15) is 5.75 Å². The quantitative estimate of drug-likeness (QED) is 0.652. The molecule has 0 aliphatic carbocycles. The number of rotatable bonds is 8. The molecule has 2 aromatic heterocycles. The van der Waals surface area contributed by atoms with Crippen LogP contribution in [0, 0.1) is 0 Å². The second-order valence-corrected chi connectivity index (χ2v) is 5.55. The van der Waals surface area contributed by atoms with Crippen molar-refractivity contribution < 1.29 is 22.8 Å². The lowest BCUT2D eigenvalue weighted by Crippen LogP contribution is -2.23. The summed E-state index contributed by atoms with van der Waals surface area (Å²) in [6, 6.07) is 9.59. The van der Waals surface area contributed by atoms with E-state index in [9.17, 15) is 13.6 Å². The Kier molecular flexibility index (Phi) is 6.03. The molecule has 0 atom stereocenters. The van der Waals surface area contributed by atoms with Crippen molar-refractivity contribution in [2.75, 3.05) is 0 Å². The molecule has 3 rings (SSSR count). The molecule has 0 radical (unpaired) electrons. The third-order valence-corrected chi connectivity index (χ3v) is 3.61. The van der Waals surface area contributed by atoms with Gasteiger partial charge in [-0.2, -0.15) is 13.8 Å². The van der Waals surface area contributed by atoms with E-state index < -0.39 is 6.61 Å². The summed E-state index contributed by atoms with van der Waals surface area (Å²) in [6.07, 6.45) is 3.76. The van der Waals surface area contributed by atoms with Gasteiger partial charge in [0.2, 0.25) is 17.6 Å². The van der Waals surface area contributed by atoms with Gasteiger partial charge >= 0.3 is 6.61 Å². The van der Waals surface area contributed by atoms with Crippen LogP contribution in [-0.2, 0) is 17.8 Å². The van der Waals surface area contributed by atoms with Gasteiger partial charge in [0.25, 0.3) is 0 Å². The van der Waals surface area contributed by atoms with Crippen LogP contribution < -0.4 is 10.1 Å². The maximum Gasteiger partial charge on any atom is 0.387 e. The normalized spacial score (nSPS) is 10.8. The Hall–Kier alpha value is -3.36. The first-order chi connectivity index (χ1) is 13.1. The molecule has 27 heavy (non-hydrogen) atoms. The zero-order chi connectivity index (χ0) is 19.1. The summed E-state index contributed by atoms with van der Waals surface area (Å²) < 4.78 is 33.6. The molecule has 0 bridgehead atoms. The number of carbonyl (C=O) groups excluding carboxylic acids is 1. The van der Waals surface area contributed by atoms with Crippen molar-refractivity contribution in [1.82, 2.24) is 20.4 Å². The first-order valence-electron chi connectivity index (χ1n) is 8.13. The van der Waals surface area contributed by atoms with Crippen LogP contribution in [0.1, 0.15) is 17.9 Å². The molecule has 2 heterocycles. The lowest BCUT2D eigenvalue weighted by Gasteiger charge is -2.07. The van der Waals surface area contributed by atoms with Crippen molar-refractivity contribution in [3.05, 3.63) is 60.2 Å². The maximum atomic E-state index is 12.1. The number of amides is 1. The van der Waals surface area contributed by atoms with Crippen LogP contribution in [0.25, 0.3) is 11.4 Å². The van der Waals surface area contributed by atoms with Gasteiger partial charge in [-0.05, 0) is 29.8 Å². The molecule has 1 amide bonds. The minimum Gasteiger partial charge on any atom is -0.435 e. The van der Waals surface area contributed by atoms with Gasteiger partial charge in [0, 0.05) is 37.3 Å². The van der Waals surface area contributed by atoms with Gasteiger partial charge in [-0.15, -0.1) is 0 Å². The highest BCUT2D eigenvalue weighted by atomic mass is 19.3. The zero-order valence-corrected chi connectivity index (χ0v) is 14.1. The van der Waals surface area contributed by atoms with Gasteiger partial charge in [0.15, 0.2) is 0 Å². The predicted octanol–water partition coefficient (Wildman–Crippen LogP) is 2.98. The lowest BCUT2D eigenvalue weighted by molar-refractivity contribution is -0.121. The summed E-state index contributed by atoms with van der Waals surface area (Å²) in [5.74, 6) is 0.692. The molecule has 0 spiro atoms. The average molecular weight is 374 g/mol. The third-order valence-electron chi connectivity index (χ3n) is 3.61. The SMILES string of the molecule is O=C(CCc1nc(-c2ccncc2)no1)NCc1ccc(OC(F)F)cc1. The van der Waals surface area contributed by atoms with E-state index in [0.29, 0.717) is 18.1 Å². The number of hydrogen-bond acceptors (Lipinski definition) is 6. The number of benzene rings is 1. The van der Waals surface area contributed by atoms with E-state index in [1.165, 1.54) is 12.1 Å². The van der Waals surface area contributed by atoms with Crippen molar-refractivity contribution in [1.29, 1.82) is 0 Å². The number of carbonyl (C=O) groups is 1. The molecule has 0 aliphatic heterocycles. The van der Waals surface area contributed by atoms with Crippen LogP contribution in [0.2, 0.25) is 0 Å². The Balaban J connectivity index is 1.44. The molecular formula is C18H16F2N4O3. The van der Waals surface area contributed by atoms with Crippen LogP contribution in [-0.4, -0.2) is 27.6 Å². The number of aryl methyl sites for hydroxylation is 1. The molecule has 0 saturated carbocycles. The number of aromatic nitrogens is 3. The second-order valence-electron chi connectivity index (χ2n) is 5.55. The van der Waals surface area contributed by atoms with Crippen molar-refractivity contribution >= 4 is 5.91 Å². The fraction of sp³-hybridized carbons (Fsp3) is 0.222. The molecule has 0 fully saturated rings. The van der Waals surface area contributed by atoms with Crippen molar-refractivity contribution in [2.45, 2.75) is 26.0 Å². The van der Waals surface area contributed by atoms with Crippen LogP contribution in [0.3, 0.4) is 0 Å². The highest BCUT2D eigenvalue weighted by molar-refractivity contribution is 5.76. The van der Waals surface area contributed by atoms with Gasteiger partial charge in [-0.3, -0.25) is 9.78 Å². The van der Waals surface area contributed by atoms with E-state index in [1.807, 2.05) is 0 Å². The van der Waals surface area contributed by atoms with Gasteiger partial charge in [0.05, 0.1) is 0 Å². The van der Waals surface area contributed by atoms with E-state index >= 15 is 0 Å². The number of hydrogen-bond donors (Lipinski definition) is 1. The summed E-state index contributed by atoms with van der Waals surface area (Å²) in [5, 5.41) is 6.62. The monoisotopic (exact) mass is 374 g/mol. The number of nitrogens with zero attached hydrogens (tertiary/aromatic N) is 3. The first kappa shape index (κ1) is 18.4.